The minimum atomic E-state index is -0.0108. The van der Waals surface area contributed by atoms with Crippen molar-refractivity contribution in [1.29, 1.82) is 0 Å². The number of hydrogen-bond donors (Lipinski definition) is 1. The van der Waals surface area contributed by atoms with E-state index in [2.05, 4.69) is 39.0 Å². The van der Waals surface area contributed by atoms with Gasteiger partial charge in [-0.2, -0.15) is 0 Å². The van der Waals surface area contributed by atoms with E-state index >= 15 is 0 Å². The van der Waals surface area contributed by atoms with E-state index in [-0.39, 0.29) is 11.8 Å². The zero-order chi connectivity index (χ0) is 23.3. The Morgan fingerprint density at radius 2 is 1.97 bits per heavy atom. The van der Waals surface area contributed by atoms with Gasteiger partial charge in [-0.25, -0.2) is 15.0 Å². The minimum absolute atomic E-state index is 0.0108. The first kappa shape index (κ1) is 21.6. The van der Waals surface area contributed by atoms with Crippen molar-refractivity contribution in [3.05, 3.63) is 91.4 Å². The molecule has 1 N–H and O–H groups in total. The molecule has 0 saturated carbocycles. The fourth-order valence-electron chi connectivity index (χ4n) is 4.27. The van der Waals surface area contributed by atoms with Crippen LogP contribution in [0.15, 0.2) is 85.8 Å². The summed E-state index contributed by atoms with van der Waals surface area (Å²) in [4.78, 5) is 27.3. The highest BCUT2D eigenvalue weighted by molar-refractivity contribution is 5.91. The summed E-state index contributed by atoms with van der Waals surface area (Å²) < 4.78 is 5.77. The highest BCUT2D eigenvalue weighted by Crippen LogP contribution is 2.31. The molecule has 1 aliphatic heterocycles. The van der Waals surface area contributed by atoms with Crippen molar-refractivity contribution in [2.24, 2.45) is 0 Å². The van der Waals surface area contributed by atoms with Gasteiger partial charge in [0.05, 0.1) is 17.4 Å². The molecule has 5 rings (SSSR count). The molecule has 1 atom stereocenters. The number of pyridine rings is 1. The maximum absolute atomic E-state index is 12.1. The number of nitrogens with zero attached hydrogens (tertiary/aromatic N) is 4. The van der Waals surface area contributed by atoms with Gasteiger partial charge in [-0.05, 0) is 54.8 Å². The van der Waals surface area contributed by atoms with Gasteiger partial charge >= 0.3 is 0 Å². The van der Waals surface area contributed by atoms with E-state index in [4.69, 9.17) is 4.74 Å². The van der Waals surface area contributed by atoms with Crippen LogP contribution in [-0.2, 0) is 4.79 Å². The molecule has 2 aromatic heterocycles. The number of hydrogen-bond acceptors (Lipinski definition) is 6. The number of rotatable bonds is 6. The first-order valence-electron chi connectivity index (χ1n) is 11.3. The third-order valence-electron chi connectivity index (χ3n) is 6.00. The number of para-hydroxylation sites is 1. The van der Waals surface area contributed by atoms with Crippen LogP contribution in [0.5, 0.6) is 11.6 Å². The van der Waals surface area contributed by atoms with Gasteiger partial charge < -0.3 is 15.0 Å². The fourth-order valence-corrected chi connectivity index (χ4v) is 4.27. The first-order valence-corrected chi connectivity index (χ1v) is 11.3. The standard InChI is InChI=1S/C27H25N5O2/c1-2-26(33)32-14-6-7-20(17-32)19-10-12-24-23(15-19)27(30-18-29-24)31-21-11-13-25(28-16-21)34-22-8-4-3-5-9-22/h2-5,8-13,15-16,18,20H,1,6-7,14,17H2,(H,29,30,31)/t20-/m1/s1. The van der Waals surface area contributed by atoms with Crippen molar-refractivity contribution in [1.82, 2.24) is 19.9 Å². The summed E-state index contributed by atoms with van der Waals surface area (Å²) in [5.74, 6) is 2.22. The Hall–Kier alpha value is -4.26. The quantitative estimate of drug-likeness (QED) is 0.393. The van der Waals surface area contributed by atoms with Gasteiger partial charge in [-0.1, -0.05) is 30.8 Å². The molecule has 0 bridgehead atoms. The van der Waals surface area contributed by atoms with Gasteiger partial charge in [0.2, 0.25) is 11.8 Å². The Balaban J connectivity index is 1.36. The lowest BCUT2D eigenvalue weighted by Crippen LogP contribution is -2.38. The van der Waals surface area contributed by atoms with Crippen LogP contribution >= 0.6 is 0 Å². The van der Waals surface area contributed by atoms with Crippen LogP contribution in [0.3, 0.4) is 0 Å². The molecular formula is C27H25N5O2. The lowest BCUT2D eigenvalue weighted by atomic mass is 9.90. The van der Waals surface area contributed by atoms with E-state index in [9.17, 15) is 4.79 Å². The summed E-state index contributed by atoms with van der Waals surface area (Å²) in [6, 6.07) is 19.5. The zero-order valence-corrected chi connectivity index (χ0v) is 18.7. The van der Waals surface area contributed by atoms with E-state index in [1.165, 1.54) is 11.6 Å². The van der Waals surface area contributed by atoms with Gasteiger partial charge in [0.25, 0.3) is 0 Å². The molecule has 0 aliphatic carbocycles. The fraction of sp³-hybridized carbons (Fsp3) is 0.185. The Kier molecular flexibility index (Phi) is 6.16. The monoisotopic (exact) mass is 451 g/mol. The second-order valence-corrected chi connectivity index (χ2v) is 8.25. The second-order valence-electron chi connectivity index (χ2n) is 8.25. The molecule has 3 heterocycles. The Bertz CT molecular complexity index is 1310. The van der Waals surface area contributed by atoms with Crippen LogP contribution in [0.25, 0.3) is 10.9 Å². The number of amides is 1. The summed E-state index contributed by atoms with van der Waals surface area (Å²) in [5, 5.41) is 4.28. The summed E-state index contributed by atoms with van der Waals surface area (Å²) in [7, 11) is 0. The predicted molar refractivity (Wildman–Crippen MR) is 132 cm³/mol. The number of aromatic nitrogens is 3. The van der Waals surface area contributed by atoms with Gasteiger partial charge in [0.15, 0.2) is 0 Å². The largest absolute Gasteiger partial charge is 0.439 e. The van der Waals surface area contributed by atoms with E-state index in [0.29, 0.717) is 18.2 Å². The van der Waals surface area contributed by atoms with Gasteiger partial charge in [0, 0.05) is 30.5 Å². The molecule has 170 valence electrons. The number of benzene rings is 2. The minimum Gasteiger partial charge on any atom is -0.439 e. The number of ether oxygens (including phenoxy) is 1. The molecule has 4 aromatic rings. The molecule has 2 aromatic carbocycles. The van der Waals surface area contributed by atoms with Crippen LogP contribution in [0.1, 0.15) is 24.3 Å². The average molecular weight is 452 g/mol. The second kappa shape index (κ2) is 9.70. The molecule has 1 aliphatic rings. The number of carbonyl (C=O) groups is 1. The average Bonchev–Trinajstić information content (AvgIpc) is 2.90. The Labute approximate surface area is 198 Å². The molecule has 0 unspecified atom stereocenters. The van der Waals surface area contributed by atoms with E-state index in [1.807, 2.05) is 53.4 Å². The van der Waals surface area contributed by atoms with Crippen LogP contribution < -0.4 is 10.1 Å². The topological polar surface area (TPSA) is 80.2 Å². The van der Waals surface area contributed by atoms with Crippen LogP contribution in [0.4, 0.5) is 11.5 Å². The van der Waals surface area contributed by atoms with Gasteiger partial charge in [-0.3, -0.25) is 4.79 Å². The van der Waals surface area contributed by atoms with Crippen LogP contribution in [0.2, 0.25) is 0 Å². The van der Waals surface area contributed by atoms with Crippen LogP contribution in [0, 0.1) is 0 Å². The maximum atomic E-state index is 12.1. The van der Waals surface area contributed by atoms with Crippen molar-refractivity contribution in [2.45, 2.75) is 18.8 Å². The van der Waals surface area contributed by atoms with Gasteiger partial charge in [-0.15, -0.1) is 0 Å². The van der Waals surface area contributed by atoms with E-state index in [0.717, 1.165) is 41.7 Å². The van der Waals surface area contributed by atoms with Crippen molar-refractivity contribution >= 4 is 28.3 Å². The summed E-state index contributed by atoms with van der Waals surface area (Å²) in [6.45, 7) is 5.10. The molecular weight excluding hydrogens is 426 g/mol. The summed E-state index contributed by atoms with van der Waals surface area (Å²) >= 11 is 0. The smallest absolute Gasteiger partial charge is 0.245 e. The highest BCUT2D eigenvalue weighted by Gasteiger charge is 2.24. The van der Waals surface area contributed by atoms with Crippen molar-refractivity contribution in [3.63, 3.8) is 0 Å². The van der Waals surface area contributed by atoms with E-state index < -0.39 is 0 Å². The normalized spacial score (nSPS) is 15.6. The third-order valence-corrected chi connectivity index (χ3v) is 6.00. The summed E-state index contributed by atoms with van der Waals surface area (Å²) in [5.41, 5.74) is 2.83. The molecule has 1 amide bonds. The highest BCUT2D eigenvalue weighted by atomic mass is 16.5. The Morgan fingerprint density at radius 1 is 1.09 bits per heavy atom. The van der Waals surface area contributed by atoms with E-state index in [1.54, 1.807) is 12.5 Å². The van der Waals surface area contributed by atoms with Crippen molar-refractivity contribution < 1.29 is 9.53 Å². The lowest BCUT2D eigenvalue weighted by Gasteiger charge is -2.32. The SMILES string of the molecule is C=CC(=O)N1CCC[C@@H](c2ccc3ncnc(Nc4ccc(Oc5ccccc5)nc4)c3c2)C1. The number of carbonyl (C=O) groups excluding carboxylic acids is 1. The molecule has 1 fully saturated rings. The molecule has 7 heteroatoms. The van der Waals surface area contributed by atoms with Crippen molar-refractivity contribution in [3.8, 4) is 11.6 Å². The number of fused-ring (bicyclic) bond motifs is 1. The zero-order valence-electron chi connectivity index (χ0n) is 18.7. The lowest BCUT2D eigenvalue weighted by molar-refractivity contribution is -0.127. The molecule has 7 nitrogen and oxygen atoms in total. The number of likely N-dealkylation sites (tertiary alicyclic amines) is 1. The summed E-state index contributed by atoms with van der Waals surface area (Å²) in [6.07, 6.45) is 6.67. The van der Waals surface area contributed by atoms with Gasteiger partial charge in [0.1, 0.15) is 17.9 Å². The van der Waals surface area contributed by atoms with Crippen molar-refractivity contribution in [2.75, 3.05) is 18.4 Å². The molecule has 34 heavy (non-hydrogen) atoms. The first-order chi connectivity index (χ1) is 16.7. The molecule has 1 saturated heterocycles. The number of anilines is 2. The number of piperidine rings is 1. The molecule has 0 radical (unpaired) electrons. The maximum Gasteiger partial charge on any atom is 0.245 e. The van der Waals surface area contributed by atoms with Crippen LogP contribution in [-0.4, -0.2) is 38.8 Å². The third kappa shape index (κ3) is 4.73. The Morgan fingerprint density at radius 3 is 2.76 bits per heavy atom. The number of nitrogens with one attached hydrogen (secondary N) is 1. The predicted octanol–water partition coefficient (Wildman–Crippen LogP) is 5.45. The molecule has 0 spiro atoms.